The molecular formula is C23H25N3O6. The molecule has 0 radical (unpaired) electrons. The van der Waals surface area contributed by atoms with Crippen molar-refractivity contribution in [1.29, 1.82) is 0 Å². The smallest absolute Gasteiger partial charge is 0.295 e. The number of benzene rings is 2. The molecule has 1 heterocycles. The van der Waals surface area contributed by atoms with Crippen molar-refractivity contribution in [2.45, 2.75) is 13.0 Å². The van der Waals surface area contributed by atoms with Crippen molar-refractivity contribution in [1.82, 2.24) is 9.80 Å². The van der Waals surface area contributed by atoms with E-state index in [1.807, 2.05) is 19.0 Å². The number of Topliss-reactive ketones (excluding diaryl/α,β-unsaturated/α-hetero) is 1. The summed E-state index contributed by atoms with van der Waals surface area (Å²) >= 11 is 0. The Bertz CT molecular complexity index is 1090. The molecule has 3 rings (SSSR count). The van der Waals surface area contributed by atoms with Crippen LogP contribution in [-0.2, 0) is 9.59 Å². The molecular weight excluding hydrogens is 414 g/mol. The van der Waals surface area contributed by atoms with Gasteiger partial charge in [-0.1, -0.05) is 0 Å². The summed E-state index contributed by atoms with van der Waals surface area (Å²) in [4.78, 5) is 39.7. The molecule has 1 aliphatic rings. The van der Waals surface area contributed by atoms with Gasteiger partial charge in [0.15, 0.2) is 0 Å². The summed E-state index contributed by atoms with van der Waals surface area (Å²) in [6, 6.07) is 9.74. The minimum atomic E-state index is -0.863. The molecule has 168 valence electrons. The second kappa shape index (κ2) is 9.19. The van der Waals surface area contributed by atoms with Crippen LogP contribution in [0.1, 0.15) is 22.7 Å². The van der Waals surface area contributed by atoms with Crippen LogP contribution in [0, 0.1) is 17.0 Å². The first kappa shape index (κ1) is 23.0. The molecule has 1 amide bonds. The summed E-state index contributed by atoms with van der Waals surface area (Å²) in [5.74, 6) is -1.19. The summed E-state index contributed by atoms with van der Waals surface area (Å²) in [6.07, 6.45) is 0. The number of hydrogen-bond donors (Lipinski definition) is 1. The number of amides is 1. The SMILES string of the molecule is COc1ccc(/C(O)=C2\C(=O)C(=O)N(CCN(C)C)[C@@H]2c2ccc([N+](=O)[O-])cc2)cc1C. The number of carbonyl (C=O) groups excluding carboxylic acids is 2. The lowest BCUT2D eigenvalue weighted by atomic mass is 9.94. The Balaban J connectivity index is 2.15. The van der Waals surface area contributed by atoms with Crippen LogP contribution >= 0.6 is 0 Å². The van der Waals surface area contributed by atoms with E-state index in [2.05, 4.69) is 0 Å². The van der Waals surface area contributed by atoms with Crippen molar-refractivity contribution >= 4 is 23.1 Å². The van der Waals surface area contributed by atoms with Crippen molar-refractivity contribution in [2.24, 2.45) is 0 Å². The molecule has 32 heavy (non-hydrogen) atoms. The number of nitro benzene ring substituents is 1. The highest BCUT2D eigenvalue weighted by Crippen LogP contribution is 2.40. The van der Waals surface area contributed by atoms with E-state index in [-0.39, 0.29) is 23.6 Å². The Morgan fingerprint density at radius 3 is 2.38 bits per heavy atom. The van der Waals surface area contributed by atoms with Gasteiger partial charge in [0, 0.05) is 30.8 Å². The van der Waals surface area contributed by atoms with Crippen LogP contribution in [0.3, 0.4) is 0 Å². The van der Waals surface area contributed by atoms with E-state index in [1.54, 1.807) is 25.1 Å². The molecule has 0 unspecified atom stereocenters. The molecule has 1 saturated heterocycles. The summed E-state index contributed by atoms with van der Waals surface area (Å²) < 4.78 is 5.25. The first-order valence-corrected chi connectivity index (χ1v) is 9.98. The number of aryl methyl sites for hydroxylation is 1. The lowest BCUT2D eigenvalue weighted by Crippen LogP contribution is -2.35. The Morgan fingerprint density at radius 1 is 1.19 bits per heavy atom. The zero-order valence-electron chi connectivity index (χ0n) is 18.4. The van der Waals surface area contributed by atoms with Crippen molar-refractivity contribution in [3.05, 3.63) is 74.8 Å². The van der Waals surface area contributed by atoms with Crippen molar-refractivity contribution in [2.75, 3.05) is 34.3 Å². The van der Waals surface area contributed by atoms with Gasteiger partial charge in [0.1, 0.15) is 11.5 Å². The third-order valence-electron chi connectivity index (χ3n) is 5.42. The predicted molar refractivity (Wildman–Crippen MR) is 118 cm³/mol. The van der Waals surface area contributed by atoms with E-state index in [9.17, 15) is 24.8 Å². The fourth-order valence-corrected chi connectivity index (χ4v) is 3.72. The fourth-order valence-electron chi connectivity index (χ4n) is 3.72. The highest BCUT2D eigenvalue weighted by molar-refractivity contribution is 6.46. The number of non-ortho nitro benzene ring substituents is 1. The second-order valence-electron chi connectivity index (χ2n) is 7.83. The Hall–Kier alpha value is -3.72. The maximum absolute atomic E-state index is 13.0. The monoisotopic (exact) mass is 439 g/mol. The number of aliphatic hydroxyl groups is 1. The number of hydrogen-bond acceptors (Lipinski definition) is 7. The standard InChI is InChI=1S/C23H25N3O6/c1-14-13-16(7-10-18(14)32-4)21(27)19-20(15-5-8-17(9-6-15)26(30)31)25(12-11-24(2)3)23(29)22(19)28/h5-10,13,20,27H,11-12H2,1-4H3/b21-19+/t20-/m1/s1. The lowest BCUT2D eigenvalue weighted by molar-refractivity contribution is -0.384. The van der Waals surface area contributed by atoms with Gasteiger partial charge in [0.05, 0.1) is 23.6 Å². The lowest BCUT2D eigenvalue weighted by Gasteiger charge is -2.26. The topological polar surface area (TPSA) is 113 Å². The normalized spacial score (nSPS) is 17.8. The molecule has 0 spiro atoms. The first-order chi connectivity index (χ1) is 15.1. The summed E-state index contributed by atoms with van der Waals surface area (Å²) in [6.45, 7) is 2.55. The number of nitrogens with zero attached hydrogens (tertiary/aromatic N) is 3. The molecule has 9 heteroatoms. The van der Waals surface area contributed by atoms with E-state index in [0.717, 1.165) is 5.56 Å². The average molecular weight is 439 g/mol. The summed E-state index contributed by atoms with van der Waals surface area (Å²) in [5.41, 5.74) is 1.48. The zero-order valence-corrected chi connectivity index (χ0v) is 18.4. The van der Waals surface area contributed by atoms with Crippen LogP contribution in [0.25, 0.3) is 5.76 Å². The van der Waals surface area contributed by atoms with Gasteiger partial charge in [-0.15, -0.1) is 0 Å². The van der Waals surface area contributed by atoms with Gasteiger partial charge in [-0.05, 0) is 62.5 Å². The Morgan fingerprint density at radius 2 is 1.84 bits per heavy atom. The maximum atomic E-state index is 13.0. The van der Waals surface area contributed by atoms with Gasteiger partial charge in [-0.25, -0.2) is 0 Å². The molecule has 1 aliphatic heterocycles. The van der Waals surface area contributed by atoms with E-state index >= 15 is 0 Å². The van der Waals surface area contributed by atoms with Gasteiger partial charge in [0.2, 0.25) is 0 Å². The zero-order chi connectivity index (χ0) is 23.6. The largest absolute Gasteiger partial charge is 0.507 e. The van der Waals surface area contributed by atoms with Crippen molar-refractivity contribution in [3.8, 4) is 5.75 Å². The minimum Gasteiger partial charge on any atom is -0.507 e. The van der Waals surface area contributed by atoms with Gasteiger partial charge in [-0.3, -0.25) is 19.7 Å². The number of likely N-dealkylation sites (N-methyl/N-ethyl adjacent to an activating group) is 1. The number of rotatable bonds is 7. The first-order valence-electron chi connectivity index (χ1n) is 9.98. The van der Waals surface area contributed by atoms with E-state index < -0.39 is 22.7 Å². The summed E-state index contributed by atoms with van der Waals surface area (Å²) in [7, 11) is 5.22. The minimum absolute atomic E-state index is 0.0489. The second-order valence-corrected chi connectivity index (χ2v) is 7.83. The number of methoxy groups -OCH3 is 1. The number of ether oxygens (including phenoxy) is 1. The quantitative estimate of drug-likeness (QED) is 0.232. The third-order valence-corrected chi connectivity index (χ3v) is 5.42. The number of ketones is 1. The van der Waals surface area contributed by atoms with E-state index in [0.29, 0.717) is 23.4 Å². The van der Waals surface area contributed by atoms with Crippen LogP contribution in [0.5, 0.6) is 5.75 Å². The fraction of sp³-hybridized carbons (Fsp3) is 0.304. The number of carbonyl (C=O) groups is 2. The molecule has 1 fully saturated rings. The molecule has 1 N–H and O–H groups in total. The van der Waals surface area contributed by atoms with Gasteiger partial charge in [0.25, 0.3) is 17.4 Å². The molecule has 0 aliphatic carbocycles. The molecule has 1 atom stereocenters. The van der Waals surface area contributed by atoms with Crippen LogP contribution in [0.2, 0.25) is 0 Å². The van der Waals surface area contributed by atoms with Gasteiger partial charge >= 0.3 is 0 Å². The van der Waals surface area contributed by atoms with Crippen molar-refractivity contribution in [3.63, 3.8) is 0 Å². The van der Waals surface area contributed by atoms with Crippen LogP contribution in [0.15, 0.2) is 48.0 Å². The van der Waals surface area contributed by atoms with Crippen LogP contribution in [-0.4, -0.2) is 65.8 Å². The molecule has 9 nitrogen and oxygen atoms in total. The average Bonchev–Trinajstić information content (AvgIpc) is 3.01. The van der Waals surface area contributed by atoms with Crippen molar-refractivity contribution < 1.29 is 24.4 Å². The number of likely N-dealkylation sites (tertiary alicyclic amines) is 1. The highest BCUT2D eigenvalue weighted by atomic mass is 16.6. The third kappa shape index (κ3) is 4.33. The predicted octanol–water partition coefficient (Wildman–Crippen LogP) is 2.90. The van der Waals surface area contributed by atoms with E-state index in [1.165, 1.54) is 36.3 Å². The summed E-state index contributed by atoms with van der Waals surface area (Å²) in [5, 5.41) is 22.1. The molecule has 0 aromatic heterocycles. The van der Waals surface area contributed by atoms with Crippen LogP contribution in [0.4, 0.5) is 5.69 Å². The highest BCUT2D eigenvalue weighted by Gasteiger charge is 2.46. The Kier molecular flexibility index (Phi) is 6.59. The number of aliphatic hydroxyl groups excluding tert-OH is 1. The number of nitro groups is 1. The molecule has 0 bridgehead atoms. The van der Waals surface area contributed by atoms with Crippen LogP contribution < -0.4 is 4.74 Å². The van der Waals surface area contributed by atoms with Gasteiger partial charge < -0.3 is 19.6 Å². The van der Waals surface area contributed by atoms with E-state index in [4.69, 9.17) is 4.74 Å². The molecule has 0 saturated carbocycles. The Labute approximate surface area is 185 Å². The van der Waals surface area contributed by atoms with Gasteiger partial charge in [-0.2, -0.15) is 0 Å². The maximum Gasteiger partial charge on any atom is 0.295 e. The molecule has 2 aromatic carbocycles. The molecule has 2 aromatic rings.